The minimum atomic E-state index is -0.808. The maximum atomic E-state index is 14.0. The Bertz CT molecular complexity index is 843. The predicted molar refractivity (Wildman–Crippen MR) is 133 cm³/mol. The molecule has 1 aliphatic carbocycles. The van der Waals surface area contributed by atoms with Gasteiger partial charge in [-0.05, 0) is 57.5 Å². The number of rotatable bonds is 7. The van der Waals surface area contributed by atoms with Gasteiger partial charge in [0.15, 0.2) is 0 Å². The molecule has 0 unspecified atom stereocenters. The average molecular weight is 472 g/mol. The van der Waals surface area contributed by atoms with Crippen molar-refractivity contribution in [2.75, 3.05) is 39.2 Å². The summed E-state index contributed by atoms with van der Waals surface area (Å²) in [5.74, 6) is 1.59. The van der Waals surface area contributed by atoms with Gasteiger partial charge in [-0.2, -0.15) is 0 Å². The molecule has 1 saturated carbocycles. The van der Waals surface area contributed by atoms with Crippen LogP contribution in [0.3, 0.4) is 0 Å². The molecule has 7 nitrogen and oxygen atoms in total. The third kappa shape index (κ3) is 5.19. The number of methoxy groups -OCH3 is 2. The number of nitrogens with one attached hydrogen (secondary N) is 1. The smallest absolute Gasteiger partial charge is 0.250 e. The summed E-state index contributed by atoms with van der Waals surface area (Å²) in [6, 6.07) is 5.93. The largest absolute Gasteiger partial charge is 0.497 e. The van der Waals surface area contributed by atoms with Crippen molar-refractivity contribution in [3.8, 4) is 11.5 Å². The van der Waals surface area contributed by atoms with Crippen molar-refractivity contribution in [1.29, 1.82) is 0 Å². The van der Waals surface area contributed by atoms with Gasteiger partial charge < -0.3 is 24.6 Å². The Balaban J connectivity index is 1.60. The topological polar surface area (TPSA) is 71.1 Å². The molecule has 2 saturated heterocycles. The van der Waals surface area contributed by atoms with Crippen LogP contribution >= 0.6 is 0 Å². The third-order valence-corrected chi connectivity index (χ3v) is 8.26. The van der Waals surface area contributed by atoms with Crippen molar-refractivity contribution >= 4 is 17.5 Å². The van der Waals surface area contributed by atoms with Crippen LogP contribution in [0.1, 0.15) is 71.1 Å². The molecule has 2 atom stereocenters. The van der Waals surface area contributed by atoms with Crippen LogP contribution in [-0.4, -0.2) is 67.0 Å². The van der Waals surface area contributed by atoms with Gasteiger partial charge in [-0.1, -0.05) is 25.7 Å². The van der Waals surface area contributed by atoms with Crippen molar-refractivity contribution in [1.82, 2.24) is 9.80 Å². The highest BCUT2D eigenvalue weighted by atomic mass is 16.5. The molecule has 1 N–H and O–H groups in total. The van der Waals surface area contributed by atoms with E-state index >= 15 is 0 Å². The number of carbonyl (C=O) groups excluding carboxylic acids is 2. The fourth-order valence-corrected chi connectivity index (χ4v) is 6.51. The van der Waals surface area contributed by atoms with E-state index in [0.717, 1.165) is 25.7 Å². The van der Waals surface area contributed by atoms with E-state index in [0.29, 0.717) is 48.5 Å². The zero-order chi connectivity index (χ0) is 24.1. The highest BCUT2D eigenvalue weighted by Crippen LogP contribution is 2.39. The molecule has 2 aliphatic heterocycles. The molecule has 2 amide bonds. The average Bonchev–Trinajstić information content (AvgIpc) is 2.87. The number of benzene rings is 1. The Morgan fingerprint density at radius 1 is 0.971 bits per heavy atom. The number of ether oxygens (including phenoxy) is 2. The molecule has 7 heteroatoms. The second-order valence-corrected chi connectivity index (χ2v) is 10.3. The van der Waals surface area contributed by atoms with Gasteiger partial charge in [0.2, 0.25) is 11.8 Å². The highest BCUT2D eigenvalue weighted by Gasteiger charge is 2.48. The van der Waals surface area contributed by atoms with Crippen LogP contribution in [0.2, 0.25) is 0 Å². The van der Waals surface area contributed by atoms with E-state index in [1.807, 2.05) is 4.90 Å². The van der Waals surface area contributed by atoms with Crippen molar-refractivity contribution in [3.05, 3.63) is 18.2 Å². The molecule has 4 rings (SSSR count). The van der Waals surface area contributed by atoms with E-state index in [1.54, 1.807) is 39.3 Å². The Kier molecular flexibility index (Phi) is 8.02. The lowest BCUT2D eigenvalue weighted by Crippen LogP contribution is -2.62. The summed E-state index contributed by atoms with van der Waals surface area (Å²) < 4.78 is 10.8. The normalized spacial score (nSPS) is 24.6. The first-order valence-corrected chi connectivity index (χ1v) is 13.0. The van der Waals surface area contributed by atoms with Gasteiger partial charge in [0.1, 0.15) is 17.0 Å². The minimum Gasteiger partial charge on any atom is -0.497 e. The van der Waals surface area contributed by atoms with Crippen LogP contribution in [0, 0.1) is 5.92 Å². The second-order valence-electron chi connectivity index (χ2n) is 10.3. The van der Waals surface area contributed by atoms with Gasteiger partial charge >= 0.3 is 0 Å². The number of amides is 2. The molecule has 34 heavy (non-hydrogen) atoms. The molecule has 0 aromatic heterocycles. The van der Waals surface area contributed by atoms with Gasteiger partial charge in [0.25, 0.3) is 0 Å². The Hall–Kier alpha value is -2.28. The van der Waals surface area contributed by atoms with Gasteiger partial charge in [-0.25, -0.2) is 0 Å². The maximum Gasteiger partial charge on any atom is 0.250 e. The summed E-state index contributed by atoms with van der Waals surface area (Å²) in [7, 11) is 3.19. The number of fused-ring (bicyclic) bond motifs is 1. The first-order valence-electron chi connectivity index (χ1n) is 13.0. The van der Waals surface area contributed by atoms with Gasteiger partial charge in [-0.15, -0.1) is 0 Å². The maximum absolute atomic E-state index is 14.0. The lowest BCUT2D eigenvalue weighted by molar-refractivity contribution is -0.148. The third-order valence-electron chi connectivity index (χ3n) is 8.26. The lowest BCUT2D eigenvalue weighted by Gasteiger charge is -2.50. The zero-order valence-electron chi connectivity index (χ0n) is 21.1. The summed E-state index contributed by atoms with van der Waals surface area (Å²) in [6.07, 6.45) is 10.5. The minimum absolute atomic E-state index is 0.00760. The van der Waals surface area contributed by atoms with Crippen molar-refractivity contribution in [3.63, 3.8) is 0 Å². The van der Waals surface area contributed by atoms with Crippen molar-refractivity contribution in [2.45, 2.75) is 82.7 Å². The van der Waals surface area contributed by atoms with E-state index in [9.17, 15) is 9.59 Å². The van der Waals surface area contributed by atoms with Gasteiger partial charge in [0.05, 0.1) is 14.2 Å². The second kappa shape index (κ2) is 11.0. The van der Waals surface area contributed by atoms with E-state index in [-0.39, 0.29) is 11.8 Å². The van der Waals surface area contributed by atoms with Crippen LogP contribution in [-0.2, 0) is 9.59 Å². The van der Waals surface area contributed by atoms with E-state index < -0.39 is 5.54 Å². The molecule has 188 valence electrons. The first-order chi connectivity index (χ1) is 16.5. The molecule has 0 radical (unpaired) electrons. The standard InChI is InChI=1S/C27H41N3O4/c1-20(31)30(19-21-10-9-15-29-14-8-5-11-25(21)29)27(12-6-4-7-13-27)26(32)28-22-16-23(33-2)18-24(17-22)34-3/h16-18,21,25H,4-15,19H2,1-3H3,(H,28,32)/t21-,25+/m0/s1. The van der Waals surface area contributed by atoms with Crippen LogP contribution in [0.5, 0.6) is 11.5 Å². The SMILES string of the molecule is COc1cc(NC(=O)C2(N(C[C@@H]3CCCN4CCCC[C@H]34)C(C)=O)CCCCC2)cc(OC)c1. The van der Waals surface area contributed by atoms with Crippen LogP contribution in [0.15, 0.2) is 18.2 Å². The highest BCUT2D eigenvalue weighted by molar-refractivity contribution is 6.00. The molecule has 2 heterocycles. The van der Waals surface area contributed by atoms with Crippen LogP contribution in [0.4, 0.5) is 5.69 Å². The lowest BCUT2D eigenvalue weighted by atomic mass is 9.77. The van der Waals surface area contributed by atoms with Crippen molar-refractivity contribution in [2.24, 2.45) is 5.92 Å². The quantitative estimate of drug-likeness (QED) is 0.636. The number of anilines is 1. The molecule has 1 aromatic carbocycles. The number of hydrogen-bond acceptors (Lipinski definition) is 5. The monoisotopic (exact) mass is 471 g/mol. The van der Waals surface area contributed by atoms with Crippen molar-refractivity contribution < 1.29 is 19.1 Å². The fraction of sp³-hybridized carbons (Fsp3) is 0.704. The summed E-state index contributed by atoms with van der Waals surface area (Å²) in [4.78, 5) is 31.7. The molecule has 0 spiro atoms. The predicted octanol–water partition coefficient (Wildman–Crippen LogP) is 4.46. The van der Waals surface area contributed by atoms with E-state index in [1.165, 1.54) is 38.8 Å². The molecule has 0 bridgehead atoms. The van der Waals surface area contributed by atoms with Gasteiger partial charge in [0, 0.05) is 43.4 Å². The molecular weight excluding hydrogens is 430 g/mol. The number of piperidine rings is 2. The fourth-order valence-electron chi connectivity index (χ4n) is 6.51. The van der Waals surface area contributed by atoms with E-state index in [2.05, 4.69) is 10.2 Å². The summed E-state index contributed by atoms with van der Waals surface area (Å²) in [5, 5.41) is 3.13. The molecule has 3 fully saturated rings. The Morgan fingerprint density at radius 2 is 1.65 bits per heavy atom. The molecular formula is C27H41N3O4. The Labute approximate surface area is 204 Å². The van der Waals surface area contributed by atoms with E-state index in [4.69, 9.17) is 9.47 Å². The number of nitrogens with zero attached hydrogens (tertiary/aromatic N) is 2. The first kappa shape index (κ1) is 24.8. The van der Waals surface area contributed by atoms with Crippen LogP contribution in [0.25, 0.3) is 0 Å². The van der Waals surface area contributed by atoms with Crippen LogP contribution < -0.4 is 14.8 Å². The van der Waals surface area contributed by atoms with Gasteiger partial charge in [-0.3, -0.25) is 9.59 Å². The Morgan fingerprint density at radius 3 is 2.29 bits per heavy atom. The zero-order valence-corrected chi connectivity index (χ0v) is 21.1. The molecule has 3 aliphatic rings. The summed E-state index contributed by atoms with van der Waals surface area (Å²) in [6.45, 7) is 4.65. The molecule has 1 aromatic rings. The number of hydrogen-bond donors (Lipinski definition) is 1. The summed E-state index contributed by atoms with van der Waals surface area (Å²) >= 11 is 0. The number of carbonyl (C=O) groups is 2. The summed E-state index contributed by atoms with van der Waals surface area (Å²) in [5.41, 5.74) is -0.178.